The Balaban J connectivity index is 1.48. The molecular weight excluding hydrogens is 296 g/mol. The summed E-state index contributed by atoms with van der Waals surface area (Å²) in [6, 6.07) is 2.06. The molecule has 1 amide bonds. The first-order chi connectivity index (χ1) is 10.8. The highest BCUT2D eigenvalue weighted by Gasteiger charge is 2.24. The molecule has 118 valence electrons. The standard InChI is InChI=1S/C16H22N4OS/c1-2-13-19-14(12-7-10-22-16(12)20-13)17-8-4-9-18-15(21)11-5-3-6-11/h7,10-11H,2-6,8-9H2,1H3,(H,18,21)(H,17,19,20). The molecule has 0 radical (unpaired) electrons. The van der Waals surface area contributed by atoms with Gasteiger partial charge in [0.15, 0.2) is 0 Å². The second-order valence-corrected chi connectivity index (χ2v) is 6.58. The number of hydrogen-bond donors (Lipinski definition) is 2. The number of aryl methyl sites for hydroxylation is 1. The highest BCUT2D eigenvalue weighted by Crippen LogP contribution is 2.26. The van der Waals surface area contributed by atoms with Gasteiger partial charge in [0.05, 0.1) is 5.39 Å². The zero-order valence-corrected chi connectivity index (χ0v) is 13.7. The molecule has 5 nitrogen and oxygen atoms in total. The molecule has 2 N–H and O–H groups in total. The van der Waals surface area contributed by atoms with E-state index >= 15 is 0 Å². The van der Waals surface area contributed by atoms with Crippen LogP contribution in [0.2, 0.25) is 0 Å². The number of amides is 1. The van der Waals surface area contributed by atoms with Crippen LogP contribution in [0.1, 0.15) is 38.4 Å². The lowest BCUT2D eigenvalue weighted by molar-refractivity contribution is -0.127. The maximum absolute atomic E-state index is 11.7. The minimum absolute atomic E-state index is 0.224. The fraction of sp³-hybridized carbons (Fsp3) is 0.562. The van der Waals surface area contributed by atoms with Crippen molar-refractivity contribution in [2.75, 3.05) is 18.4 Å². The van der Waals surface area contributed by atoms with Gasteiger partial charge in [0.1, 0.15) is 16.5 Å². The molecule has 1 fully saturated rings. The highest BCUT2D eigenvalue weighted by molar-refractivity contribution is 7.16. The Morgan fingerprint density at radius 2 is 2.23 bits per heavy atom. The van der Waals surface area contributed by atoms with Crippen LogP contribution in [-0.4, -0.2) is 29.0 Å². The largest absolute Gasteiger partial charge is 0.369 e. The van der Waals surface area contributed by atoms with E-state index in [0.29, 0.717) is 0 Å². The Kier molecular flexibility index (Phi) is 4.87. The lowest BCUT2D eigenvalue weighted by Crippen LogP contribution is -2.35. The fourth-order valence-electron chi connectivity index (χ4n) is 2.51. The van der Waals surface area contributed by atoms with Crippen molar-refractivity contribution < 1.29 is 4.79 Å². The minimum atomic E-state index is 0.224. The topological polar surface area (TPSA) is 66.9 Å². The van der Waals surface area contributed by atoms with E-state index in [2.05, 4.69) is 33.6 Å². The van der Waals surface area contributed by atoms with Crippen LogP contribution in [0.5, 0.6) is 0 Å². The maximum Gasteiger partial charge on any atom is 0.223 e. The first-order valence-electron chi connectivity index (χ1n) is 8.03. The number of fused-ring (bicyclic) bond motifs is 1. The van der Waals surface area contributed by atoms with E-state index in [1.54, 1.807) is 11.3 Å². The third-order valence-corrected chi connectivity index (χ3v) is 4.92. The molecular formula is C16H22N4OS. The van der Waals surface area contributed by atoms with E-state index in [-0.39, 0.29) is 11.8 Å². The summed E-state index contributed by atoms with van der Waals surface area (Å²) >= 11 is 1.64. The first-order valence-corrected chi connectivity index (χ1v) is 8.91. The molecule has 2 heterocycles. The van der Waals surface area contributed by atoms with Gasteiger partial charge in [-0.2, -0.15) is 0 Å². The first kappa shape index (κ1) is 15.2. The van der Waals surface area contributed by atoms with Crippen LogP contribution in [0, 0.1) is 5.92 Å². The number of aromatic nitrogens is 2. The summed E-state index contributed by atoms with van der Waals surface area (Å²) in [5, 5.41) is 9.53. The van der Waals surface area contributed by atoms with Crippen molar-refractivity contribution in [1.29, 1.82) is 0 Å². The zero-order valence-electron chi connectivity index (χ0n) is 12.9. The van der Waals surface area contributed by atoms with Crippen molar-refractivity contribution >= 4 is 33.3 Å². The average Bonchev–Trinajstić information content (AvgIpc) is 2.93. The van der Waals surface area contributed by atoms with Gasteiger partial charge in [-0.3, -0.25) is 4.79 Å². The van der Waals surface area contributed by atoms with Crippen LogP contribution < -0.4 is 10.6 Å². The third kappa shape index (κ3) is 3.38. The van der Waals surface area contributed by atoms with Crippen LogP contribution in [0.3, 0.4) is 0 Å². The van der Waals surface area contributed by atoms with Crippen molar-refractivity contribution in [3.8, 4) is 0 Å². The third-order valence-electron chi connectivity index (χ3n) is 4.11. The molecule has 1 aliphatic rings. The molecule has 0 bridgehead atoms. The van der Waals surface area contributed by atoms with E-state index in [1.165, 1.54) is 6.42 Å². The quantitative estimate of drug-likeness (QED) is 0.770. The summed E-state index contributed by atoms with van der Waals surface area (Å²) in [7, 11) is 0. The lowest BCUT2D eigenvalue weighted by atomic mass is 9.85. The van der Waals surface area contributed by atoms with E-state index in [9.17, 15) is 4.79 Å². The number of nitrogens with zero attached hydrogens (tertiary/aromatic N) is 2. The summed E-state index contributed by atoms with van der Waals surface area (Å²) in [5.74, 6) is 2.28. The number of carbonyl (C=O) groups excluding carboxylic acids is 1. The number of anilines is 1. The van der Waals surface area contributed by atoms with Gasteiger partial charge in [0.2, 0.25) is 5.91 Å². The Morgan fingerprint density at radius 3 is 2.95 bits per heavy atom. The van der Waals surface area contributed by atoms with Gasteiger partial charge in [-0.15, -0.1) is 11.3 Å². The predicted molar refractivity (Wildman–Crippen MR) is 90.3 cm³/mol. The van der Waals surface area contributed by atoms with Crippen LogP contribution in [0.25, 0.3) is 10.2 Å². The summed E-state index contributed by atoms with van der Waals surface area (Å²) in [6.07, 6.45) is 5.04. The Labute approximate surface area is 134 Å². The SMILES string of the molecule is CCc1nc(NCCCNC(=O)C2CCC2)c2ccsc2n1. The predicted octanol–water partition coefficient (Wildman–Crippen LogP) is 2.97. The summed E-state index contributed by atoms with van der Waals surface area (Å²) in [4.78, 5) is 21.9. The zero-order chi connectivity index (χ0) is 15.4. The normalized spacial score (nSPS) is 14.8. The van der Waals surface area contributed by atoms with E-state index < -0.39 is 0 Å². The van der Waals surface area contributed by atoms with Gasteiger partial charge in [-0.05, 0) is 30.7 Å². The molecule has 1 aliphatic carbocycles. The van der Waals surface area contributed by atoms with Crippen LogP contribution >= 0.6 is 11.3 Å². The molecule has 2 aromatic heterocycles. The molecule has 3 rings (SSSR count). The molecule has 6 heteroatoms. The summed E-state index contributed by atoms with van der Waals surface area (Å²) in [5.41, 5.74) is 0. The van der Waals surface area contributed by atoms with Gasteiger partial charge >= 0.3 is 0 Å². The van der Waals surface area contributed by atoms with Gasteiger partial charge < -0.3 is 10.6 Å². The molecule has 0 saturated heterocycles. The van der Waals surface area contributed by atoms with Crippen LogP contribution in [0.4, 0.5) is 5.82 Å². The van der Waals surface area contributed by atoms with Crippen LogP contribution in [0.15, 0.2) is 11.4 Å². The van der Waals surface area contributed by atoms with E-state index in [0.717, 1.165) is 60.6 Å². The number of thiophene rings is 1. The van der Waals surface area contributed by atoms with Gasteiger partial charge in [-0.25, -0.2) is 9.97 Å². The number of hydrogen-bond acceptors (Lipinski definition) is 5. The van der Waals surface area contributed by atoms with Crippen LogP contribution in [-0.2, 0) is 11.2 Å². The molecule has 0 aromatic carbocycles. The molecule has 0 atom stereocenters. The minimum Gasteiger partial charge on any atom is -0.369 e. The Morgan fingerprint density at radius 1 is 1.36 bits per heavy atom. The highest BCUT2D eigenvalue weighted by atomic mass is 32.1. The van der Waals surface area contributed by atoms with Crippen molar-refractivity contribution in [2.45, 2.75) is 39.0 Å². The van der Waals surface area contributed by atoms with Gasteiger partial charge in [0, 0.05) is 25.4 Å². The molecule has 0 unspecified atom stereocenters. The fourth-order valence-corrected chi connectivity index (χ4v) is 3.30. The molecule has 0 aliphatic heterocycles. The van der Waals surface area contributed by atoms with E-state index in [1.807, 2.05) is 5.38 Å². The number of carbonyl (C=O) groups is 1. The summed E-state index contributed by atoms with van der Waals surface area (Å²) in [6.45, 7) is 3.59. The van der Waals surface area contributed by atoms with E-state index in [4.69, 9.17) is 0 Å². The number of nitrogens with one attached hydrogen (secondary N) is 2. The second-order valence-electron chi connectivity index (χ2n) is 5.68. The van der Waals surface area contributed by atoms with Crippen molar-refractivity contribution in [1.82, 2.24) is 15.3 Å². The molecule has 2 aromatic rings. The van der Waals surface area contributed by atoms with Crippen molar-refractivity contribution in [3.05, 3.63) is 17.3 Å². The molecule has 0 spiro atoms. The summed E-state index contributed by atoms with van der Waals surface area (Å²) < 4.78 is 0. The van der Waals surface area contributed by atoms with Gasteiger partial charge in [0.25, 0.3) is 0 Å². The smallest absolute Gasteiger partial charge is 0.223 e. The van der Waals surface area contributed by atoms with Crippen molar-refractivity contribution in [3.63, 3.8) is 0 Å². The Hall–Kier alpha value is -1.69. The van der Waals surface area contributed by atoms with Gasteiger partial charge in [-0.1, -0.05) is 13.3 Å². The number of rotatable bonds is 7. The van der Waals surface area contributed by atoms with Crippen molar-refractivity contribution in [2.24, 2.45) is 5.92 Å². The lowest BCUT2D eigenvalue weighted by Gasteiger charge is -2.24. The second kappa shape index (κ2) is 7.05. The molecule has 1 saturated carbocycles. The molecule has 22 heavy (non-hydrogen) atoms. The average molecular weight is 318 g/mol. The Bertz CT molecular complexity index is 651. The maximum atomic E-state index is 11.7. The monoisotopic (exact) mass is 318 g/mol.